The minimum absolute atomic E-state index is 0.111. The lowest BCUT2D eigenvalue weighted by Crippen LogP contribution is -2.26. The van der Waals surface area contributed by atoms with Crippen LogP contribution in [0.4, 0.5) is 0 Å². The number of carboxylic acids is 1. The summed E-state index contributed by atoms with van der Waals surface area (Å²) in [5.41, 5.74) is 1.18. The monoisotopic (exact) mass is 398 g/mol. The number of fused-ring (bicyclic) bond motifs is 2. The third-order valence-electron chi connectivity index (χ3n) is 6.43. The molecule has 2 heterocycles. The van der Waals surface area contributed by atoms with Crippen LogP contribution in [-0.2, 0) is 9.53 Å². The number of carbonyl (C=O) groups is 1. The average Bonchev–Trinajstić information content (AvgIpc) is 3.32. The SMILES string of the molecule is CCC(c1ccccc1)C(O)C=C[C@H]1[C@@H](CC=CCCCC(=O)O)[C@H]2CC[C@@H]1O2. The second kappa shape index (κ2) is 10.7. The maximum Gasteiger partial charge on any atom is 0.303 e. The molecule has 0 spiro atoms. The zero-order valence-electron chi connectivity index (χ0n) is 17.3. The molecule has 29 heavy (non-hydrogen) atoms. The highest BCUT2D eigenvalue weighted by atomic mass is 16.5. The minimum atomic E-state index is -0.732. The summed E-state index contributed by atoms with van der Waals surface area (Å²) in [6, 6.07) is 10.2. The largest absolute Gasteiger partial charge is 0.481 e. The summed E-state index contributed by atoms with van der Waals surface area (Å²) >= 11 is 0. The maximum atomic E-state index is 10.8. The molecule has 3 rings (SSSR count). The van der Waals surface area contributed by atoms with Crippen LogP contribution in [-0.4, -0.2) is 34.5 Å². The molecule has 2 N–H and O–H groups in total. The molecule has 0 saturated carbocycles. The van der Waals surface area contributed by atoms with Crippen molar-refractivity contribution in [1.29, 1.82) is 0 Å². The molecule has 2 unspecified atom stereocenters. The highest BCUT2D eigenvalue weighted by Gasteiger charge is 2.46. The smallest absolute Gasteiger partial charge is 0.303 e. The molecular weight excluding hydrogens is 364 g/mol. The van der Waals surface area contributed by atoms with Gasteiger partial charge in [0.15, 0.2) is 0 Å². The van der Waals surface area contributed by atoms with Gasteiger partial charge in [0.2, 0.25) is 0 Å². The first-order valence-corrected chi connectivity index (χ1v) is 11.0. The lowest BCUT2D eigenvalue weighted by molar-refractivity contribution is -0.137. The van der Waals surface area contributed by atoms with Gasteiger partial charge < -0.3 is 14.9 Å². The number of aliphatic hydroxyl groups is 1. The fourth-order valence-electron chi connectivity index (χ4n) is 4.88. The van der Waals surface area contributed by atoms with Gasteiger partial charge in [0.1, 0.15) is 0 Å². The molecule has 2 fully saturated rings. The van der Waals surface area contributed by atoms with E-state index in [0.29, 0.717) is 24.4 Å². The Morgan fingerprint density at radius 1 is 1.21 bits per heavy atom. The van der Waals surface area contributed by atoms with Crippen molar-refractivity contribution in [3.8, 4) is 0 Å². The molecule has 0 aromatic heterocycles. The zero-order valence-corrected chi connectivity index (χ0v) is 17.3. The number of hydrogen-bond donors (Lipinski definition) is 2. The van der Waals surface area contributed by atoms with Gasteiger partial charge in [-0.25, -0.2) is 0 Å². The molecule has 0 aliphatic carbocycles. The predicted octanol–water partition coefficient (Wildman–Crippen LogP) is 5.09. The van der Waals surface area contributed by atoms with E-state index in [9.17, 15) is 9.90 Å². The van der Waals surface area contributed by atoms with Gasteiger partial charge in [-0.1, -0.05) is 61.6 Å². The first kappa shape index (κ1) is 21.8. The zero-order chi connectivity index (χ0) is 20.6. The third kappa shape index (κ3) is 5.80. The maximum absolute atomic E-state index is 10.8. The summed E-state index contributed by atoms with van der Waals surface area (Å²) < 4.78 is 6.17. The molecular formula is C25H34O4. The summed E-state index contributed by atoms with van der Waals surface area (Å²) in [4.78, 5) is 10.6. The molecule has 4 nitrogen and oxygen atoms in total. The number of aliphatic carboxylic acids is 1. The van der Waals surface area contributed by atoms with E-state index in [1.165, 1.54) is 5.56 Å². The topological polar surface area (TPSA) is 66.8 Å². The van der Waals surface area contributed by atoms with Crippen molar-refractivity contribution in [2.75, 3.05) is 0 Å². The molecule has 0 amide bonds. The Bertz CT molecular complexity index is 696. The minimum Gasteiger partial charge on any atom is -0.481 e. The van der Waals surface area contributed by atoms with Gasteiger partial charge >= 0.3 is 5.97 Å². The van der Waals surface area contributed by atoms with Crippen molar-refractivity contribution in [1.82, 2.24) is 0 Å². The van der Waals surface area contributed by atoms with Crippen molar-refractivity contribution in [3.63, 3.8) is 0 Å². The predicted molar refractivity (Wildman–Crippen MR) is 115 cm³/mol. The second-order valence-electron chi connectivity index (χ2n) is 8.33. The van der Waals surface area contributed by atoms with Crippen LogP contribution >= 0.6 is 0 Å². The number of unbranched alkanes of at least 4 members (excludes halogenated alkanes) is 1. The van der Waals surface area contributed by atoms with Crippen molar-refractivity contribution < 1.29 is 19.7 Å². The van der Waals surface area contributed by atoms with E-state index >= 15 is 0 Å². The first-order chi connectivity index (χ1) is 14.1. The molecule has 1 aromatic carbocycles. The fraction of sp³-hybridized carbons (Fsp3) is 0.560. The number of aliphatic hydroxyl groups excluding tert-OH is 1. The molecule has 6 atom stereocenters. The van der Waals surface area contributed by atoms with Crippen LogP contribution in [0.15, 0.2) is 54.6 Å². The average molecular weight is 399 g/mol. The van der Waals surface area contributed by atoms with Gasteiger partial charge in [0.05, 0.1) is 18.3 Å². The van der Waals surface area contributed by atoms with E-state index in [2.05, 4.69) is 37.3 Å². The molecule has 1 aromatic rings. The van der Waals surface area contributed by atoms with E-state index in [1.807, 2.05) is 24.3 Å². The summed E-state index contributed by atoms with van der Waals surface area (Å²) in [7, 11) is 0. The van der Waals surface area contributed by atoms with Gasteiger partial charge in [-0.05, 0) is 50.0 Å². The molecule has 2 bridgehead atoms. The Morgan fingerprint density at radius 2 is 1.97 bits per heavy atom. The lowest BCUT2D eigenvalue weighted by Gasteiger charge is -2.26. The van der Waals surface area contributed by atoms with Gasteiger partial charge in [-0.2, -0.15) is 0 Å². The molecule has 2 saturated heterocycles. The van der Waals surface area contributed by atoms with Crippen LogP contribution < -0.4 is 0 Å². The molecule has 2 aliphatic heterocycles. The second-order valence-corrected chi connectivity index (χ2v) is 8.33. The standard InChI is InChI=1S/C25H34O4/c1-2-19(18-10-6-5-7-11-18)22(26)15-14-21-20(23-16-17-24(21)29-23)12-8-3-4-9-13-25(27)28/h3,5-8,10-11,14-15,19-24,26H,2,4,9,12-13,16-17H2,1H3,(H,27,28)/t19?,20-,21+,22?,23-,24+/m1/s1. The number of allylic oxidation sites excluding steroid dienone is 2. The normalized spacial score (nSPS) is 28.3. The Labute approximate surface area is 174 Å². The molecule has 4 heteroatoms. The molecule has 2 aliphatic rings. The summed E-state index contributed by atoms with van der Waals surface area (Å²) in [5, 5.41) is 19.5. The van der Waals surface area contributed by atoms with Crippen molar-refractivity contribution in [3.05, 3.63) is 60.2 Å². The molecule has 158 valence electrons. The Kier molecular flexibility index (Phi) is 8.08. The van der Waals surface area contributed by atoms with E-state index < -0.39 is 12.1 Å². The van der Waals surface area contributed by atoms with Crippen LogP contribution in [0.5, 0.6) is 0 Å². The highest BCUT2D eigenvalue weighted by Crippen LogP contribution is 2.46. The number of carboxylic acid groups (broad SMARTS) is 1. The van der Waals surface area contributed by atoms with Gasteiger partial charge in [0, 0.05) is 18.3 Å². The van der Waals surface area contributed by atoms with Crippen molar-refractivity contribution in [2.45, 2.75) is 76.1 Å². The van der Waals surface area contributed by atoms with E-state index in [4.69, 9.17) is 9.84 Å². The van der Waals surface area contributed by atoms with E-state index in [-0.39, 0.29) is 18.4 Å². The first-order valence-electron chi connectivity index (χ1n) is 11.0. The fourth-order valence-corrected chi connectivity index (χ4v) is 4.88. The summed E-state index contributed by atoms with van der Waals surface area (Å²) in [5.74, 6) is 0.175. The Hall–Kier alpha value is -1.91. The van der Waals surface area contributed by atoms with Crippen LogP contribution in [0, 0.1) is 11.8 Å². The Balaban J connectivity index is 1.57. The lowest BCUT2D eigenvalue weighted by atomic mass is 9.77. The van der Waals surface area contributed by atoms with Crippen LogP contribution in [0.3, 0.4) is 0 Å². The number of ether oxygens (including phenoxy) is 1. The number of hydrogen-bond acceptors (Lipinski definition) is 3. The summed E-state index contributed by atoms with van der Waals surface area (Å²) in [6.45, 7) is 2.12. The van der Waals surface area contributed by atoms with Crippen molar-refractivity contribution in [2.24, 2.45) is 11.8 Å². The van der Waals surface area contributed by atoms with Crippen LogP contribution in [0.25, 0.3) is 0 Å². The summed E-state index contributed by atoms with van der Waals surface area (Å²) in [6.07, 6.45) is 14.4. The van der Waals surface area contributed by atoms with Gasteiger partial charge in [0.25, 0.3) is 0 Å². The van der Waals surface area contributed by atoms with E-state index in [1.54, 1.807) is 0 Å². The van der Waals surface area contributed by atoms with Gasteiger partial charge in [-0.3, -0.25) is 4.79 Å². The number of rotatable bonds is 11. The highest BCUT2D eigenvalue weighted by molar-refractivity contribution is 5.66. The molecule has 0 radical (unpaired) electrons. The third-order valence-corrected chi connectivity index (χ3v) is 6.43. The van der Waals surface area contributed by atoms with Crippen LogP contribution in [0.2, 0.25) is 0 Å². The van der Waals surface area contributed by atoms with Crippen LogP contribution in [0.1, 0.15) is 63.4 Å². The van der Waals surface area contributed by atoms with Gasteiger partial charge in [-0.15, -0.1) is 0 Å². The Morgan fingerprint density at radius 3 is 2.69 bits per heavy atom. The quantitative estimate of drug-likeness (QED) is 0.402. The van der Waals surface area contributed by atoms with E-state index in [0.717, 1.165) is 32.1 Å². The van der Waals surface area contributed by atoms with Crippen molar-refractivity contribution >= 4 is 5.97 Å². The number of benzene rings is 1.